The number of allylic oxidation sites excluding steroid dienone is 14. The second kappa shape index (κ2) is 36.2. The predicted octanol–water partition coefficient (Wildman–Crippen LogP) is 8.51. The number of carbonyl (C=O) groups excluding carboxylic acids is 1. The Morgan fingerprint density at radius 3 is 1.74 bits per heavy atom. The number of aliphatic hydroxyl groups is 3. The molecular formula is C45H74O12S. The molecule has 1 aliphatic heterocycles. The zero-order valence-corrected chi connectivity index (χ0v) is 35.9. The van der Waals surface area contributed by atoms with Crippen LogP contribution in [0.5, 0.6) is 0 Å². The lowest BCUT2D eigenvalue weighted by Gasteiger charge is -2.41. The van der Waals surface area contributed by atoms with Crippen molar-refractivity contribution < 1.29 is 56.2 Å². The highest BCUT2D eigenvalue weighted by molar-refractivity contribution is 7.80. The number of ether oxygens (including phenoxy) is 4. The standard InChI is InChI=1S/C45H74O12S/c1-3-5-7-9-11-13-15-17-18-19-20-21-22-23-24-26-28-30-32-34-41(47)55-39(37-53-35-33-31-29-27-25-16-14-12-10-8-6-4-2)38-54-45-43(49)44(57-58(50,51)52)42(48)40(36-46)56-45/h5,7,10-13,17-18,20-21,23-24,28,30,39-40,42-46,48-49H,3-4,6,8-9,14-16,19,22,25-27,29,31-38H2,1-2H3,(H,50,51,52)/b7-5-,12-10-,13-11-,18-17-,21-20-,24-23-,30-28-. The molecule has 1 rings (SSSR count). The van der Waals surface area contributed by atoms with Gasteiger partial charge >= 0.3 is 16.4 Å². The fourth-order valence-electron chi connectivity index (χ4n) is 5.79. The molecular weight excluding hydrogens is 765 g/mol. The van der Waals surface area contributed by atoms with E-state index >= 15 is 0 Å². The lowest BCUT2D eigenvalue weighted by atomic mass is 9.99. The summed E-state index contributed by atoms with van der Waals surface area (Å²) in [5.41, 5.74) is 0. The van der Waals surface area contributed by atoms with Crippen molar-refractivity contribution in [2.24, 2.45) is 0 Å². The number of esters is 1. The van der Waals surface area contributed by atoms with Gasteiger partial charge in [0.05, 0.1) is 19.8 Å². The number of hydrogen-bond acceptors (Lipinski definition) is 11. The zero-order valence-electron chi connectivity index (χ0n) is 35.1. The van der Waals surface area contributed by atoms with Gasteiger partial charge in [-0.15, -0.1) is 0 Å². The summed E-state index contributed by atoms with van der Waals surface area (Å²) in [7, 11) is -5.07. The molecule has 0 aromatic rings. The van der Waals surface area contributed by atoms with Gasteiger partial charge in [0.2, 0.25) is 0 Å². The van der Waals surface area contributed by atoms with Crippen LogP contribution in [0.15, 0.2) is 85.1 Å². The van der Waals surface area contributed by atoms with Crippen LogP contribution in [-0.4, -0.2) is 97.5 Å². The van der Waals surface area contributed by atoms with E-state index in [0.29, 0.717) is 13.0 Å². The summed E-state index contributed by atoms with van der Waals surface area (Å²) < 4.78 is 58.8. The first kappa shape index (κ1) is 53.3. The van der Waals surface area contributed by atoms with E-state index in [1.807, 2.05) is 12.2 Å². The third-order valence-electron chi connectivity index (χ3n) is 9.01. The van der Waals surface area contributed by atoms with Crippen LogP contribution in [0.1, 0.15) is 129 Å². The van der Waals surface area contributed by atoms with Crippen LogP contribution in [0.25, 0.3) is 0 Å². The summed E-state index contributed by atoms with van der Waals surface area (Å²) in [6.45, 7) is 3.70. The second-order valence-electron chi connectivity index (χ2n) is 14.2. The molecule has 1 heterocycles. The molecule has 13 heteroatoms. The Hall–Kier alpha value is -2.72. The van der Waals surface area contributed by atoms with E-state index in [4.69, 9.17) is 23.5 Å². The molecule has 0 radical (unpaired) electrons. The van der Waals surface area contributed by atoms with E-state index in [2.05, 4.69) is 90.9 Å². The van der Waals surface area contributed by atoms with Gasteiger partial charge < -0.3 is 34.3 Å². The van der Waals surface area contributed by atoms with Gasteiger partial charge in [-0.1, -0.05) is 137 Å². The van der Waals surface area contributed by atoms with Crippen molar-refractivity contribution in [3.05, 3.63) is 85.1 Å². The maximum absolute atomic E-state index is 12.8. The molecule has 0 amide bonds. The minimum atomic E-state index is -5.07. The van der Waals surface area contributed by atoms with E-state index in [1.54, 1.807) is 0 Å². The van der Waals surface area contributed by atoms with E-state index in [9.17, 15) is 28.5 Å². The van der Waals surface area contributed by atoms with Crippen LogP contribution < -0.4 is 0 Å². The molecule has 0 bridgehead atoms. The van der Waals surface area contributed by atoms with Crippen LogP contribution in [0, 0.1) is 0 Å². The van der Waals surface area contributed by atoms with E-state index in [-0.39, 0.29) is 19.6 Å². The lowest BCUT2D eigenvalue weighted by molar-refractivity contribution is -0.301. The Kier molecular flexibility index (Phi) is 33.2. The fraction of sp³-hybridized carbons (Fsp3) is 0.667. The van der Waals surface area contributed by atoms with Gasteiger partial charge in [0.1, 0.15) is 30.5 Å². The average Bonchev–Trinajstić information content (AvgIpc) is 3.19. The molecule has 1 saturated heterocycles. The van der Waals surface area contributed by atoms with Gasteiger partial charge in [-0.3, -0.25) is 9.35 Å². The summed E-state index contributed by atoms with van der Waals surface area (Å²) in [6.07, 6.45) is 37.8. The number of rotatable bonds is 35. The molecule has 58 heavy (non-hydrogen) atoms. The van der Waals surface area contributed by atoms with E-state index < -0.39 is 59.8 Å². The maximum atomic E-state index is 12.8. The summed E-state index contributed by atoms with van der Waals surface area (Å²) in [5.74, 6) is -0.488. The molecule has 0 aromatic heterocycles. The number of unbranched alkanes of at least 4 members (excludes halogenated alkanes) is 8. The SMILES string of the molecule is CC/C=C\C/C=C\C/C=C\C/C=C\C/C=C\C/C=C\CCC(=O)OC(COCCCCCCCC/C=C\CCCC)COC1OC(CO)C(O)C(OS(=O)(=O)O)C1O. The molecule has 0 aromatic carbocycles. The van der Waals surface area contributed by atoms with Crippen LogP contribution >= 0.6 is 0 Å². The maximum Gasteiger partial charge on any atom is 0.397 e. The summed E-state index contributed by atoms with van der Waals surface area (Å²) in [4.78, 5) is 12.8. The molecule has 332 valence electrons. The quantitative estimate of drug-likeness (QED) is 0.0207. The Balaban J connectivity index is 2.53. The Bertz CT molecular complexity index is 1340. The Morgan fingerprint density at radius 1 is 0.672 bits per heavy atom. The first-order valence-corrected chi connectivity index (χ1v) is 22.7. The first-order chi connectivity index (χ1) is 28.1. The van der Waals surface area contributed by atoms with Crippen LogP contribution in [0.4, 0.5) is 0 Å². The third-order valence-corrected chi connectivity index (χ3v) is 9.48. The van der Waals surface area contributed by atoms with Crippen molar-refractivity contribution in [3.63, 3.8) is 0 Å². The lowest BCUT2D eigenvalue weighted by Crippen LogP contribution is -2.60. The molecule has 0 spiro atoms. The zero-order chi connectivity index (χ0) is 42.5. The van der Waals surface area contributed by atoms with E-state index in [1.165, 1.54) is 25.7 Å². The number of carbonyl (C=O) groups is 1. The van der Waals surface area contributed by atoms with E-state index in [0.717, 1.165) is 77.0 Å². The van der Waals surface area contributed by atoms with Gasteiger partial charge in [-0.25, -0.2) is 4.18 Å². The van der Waals surface area contributed by atoms with Gasteiger partial charge in [0, 0.05) is 13.0 Å². The molecule has 6 atom stereocenters. The van der Waals surface area contributed by atoms with Crippen molar-refractivity contribution in [2.45, 2.75) is 166 Å². The highest BCUT2D eigenvalue weighted by Gasteiger charge is 2.48. The number of aliphatic hydroxyl groups excluding tert-OH is 3. The molecule has 1 aliphatic rings. The highest BCUT2D eigenvalue weighted by Crippen LogP contribution is 2.26. The van der Waals surface area contributed by atoms with Gasteiger partial charge in [0.25, 0.3) is 0 Å². The molecule has 4 N–H and O–H groups in total. The van der Waals surface area contributed by atoms with Gasteiger partial charge in [-0.2, -0.15) is 8.42 Å². The van der Waals surface area contributed by atoms with Gasteiger partial charge in [0.15, 0.2) is 6.29 Å². The smallest absolute Gasteiger partial charge is 0.397 e. The molecule has 12 nitrogen and oxygen atoms in total. The molecule has 0 saturated carbocycles. The van der Waals surface area contributed by atoms with Crippen molar-refractivity contribution >= 4 is 16.4 Å². The van der Waals surface area contributed by atoms with Crippen LogP contribution in [0.2, 0.25) is 0 Å². The monoisotopic (exact) mass is 838 g/mol. The summed E-state index contributed by atoms with van der Waals surface area (Å²) >= 11 is 0. The van der Waals surface area contributed by atoms with Crippen molar-refractivity contribution in [3.8, 4) is 0 Å². The van der Waals surface area contributed by atoms with Crippen molar-refractivity contribution in [1.29, 1.82) is 0 Å². The molecule has 0 aliphatic carbocycles. The topological polar surface area (TPSA) is 178 Å². The normalized spacial score (nSPS) is 21.4. The second-order valence-corrected chi connectivity index (χ2v) is 15.2. The molecule has 1 fully saturated rings. The number of hydrogen-bond donors (Lipinski definition) is 4. The first-order valence-electron chi connectivity index (χ1n) is 21.3. The largest absolute Gasteiger partial charge is 0.457 e. The minimum absolute atomic E-state index is 0.00413. The van der Waals surface area contributed by atoms with Crippen molar-refractivity contribution in [1.82, 2.24) is 0 Å². The Morgan fingerprint density at radius 2 is 1.19 bits per heavy atom. The average molecular weight is 839 g/mol. The fourth-order valence-corrected chi connectivity index (χ4v) is 6.30. The summed E-state index contributed by atoms with van der Waals surface area (Å²) in [6, 6.07) is 0. The van der Waals surface area contributed by atoms with Crippen LogP contribution in [0.3, 0.4) is 0 Å². The van der Waals surface area contributed by atoms with Crippen LogP contribution in [-0.2, 0) is 38.3 Å². The van der Waals surface area contributed by atoms with Crippen molar-refractivity contribution in [2.75, 3.05) is 26.4 Å². The minimum Gasteiger partial charge on any atom is -0.457 e. The summed E-state index contributed by atoms with van der Waals surface area (Å²) in [5, 5.41) is 30.6. The highest BCUT2D eigenvalue weighted by atomic mass is 32.3. The molecule has 6 unspecified atom stereocenters. The third kappa shape index (κ3) is 29.5. The Labute approximate surface area is 349 Å². The predicted molar refractivity (Wildman–Crippen MR) is 229 cm³/mol. The van der Waals surface area contributed by atoms with Gasteiger partial charge in [-0.05, 0) is 70.6 Å².